The van der Waals surface area contributed by atoms with Gasteiger partial charge in [0.15, 0.2) is 0 Å². The monoisotopic (exact) mass is 352 g/mol. The van der Waals surface area contributed by atoms with E-state index in [0.29, 0.717) is 6.42 Å². The number of aliphatic imine (C=N–C) groups is 1. The molecule has 0 amide bonds. The van der Waals surface area contributed by atoms with E-state index >= 15 is 0 Å². The summed E-state index contributed by atoms with van der Waals surface area (Å²) in [4.78, 5) is 6.74. The van der Waals surface area contributed by atoms with Crippen molar-refractivity contribution in [3.63, 3.8) is 0 Å². The molecule has 0 N–H and O–H groups in total. The van der Waals surface area contributed by atoms with Crippen molar-refractivity contribution < 1.29 is 4.39 Å². The molecular formula is C23H29FN2. The van der Waals surface area contributed by atoms with Crippen LogP contribution < -0.4 is 0 Å². The zero-order valence-electron chi connectivity index (χ0n) is 16.3. The Morgan fingerprint density at radius 2 is 2.08 bits per heavy atom. The Morgan fingerprint density at radius 1 is 1.35 bits per heavy atom. The third-order valence-electron chi connectivity index (χ3n) is 4.31. The number of rotatable bonds is 6. The number of alkyl halides is 1. The Balaban J connectivity index is 2.22. The molecule has 0 spiro atoms. The fourth-order valence-electron chi connectivity index (χ4n) is 3.03. The lowest BCUT2D eigenvalue weighted by molar-refractivity contribution is 0.217. The van der Waals surface area contributed by atoms with Crippen molar-refractivity contribution in [2.75, 3.05) is 6.54 Å². The molecule has 3 heteroatoms. The molecule has 0 fully saturated rings. The maximum absolute atomic E-state index is 13.9. The molecule has 0 aliphatic carbocycles. The van der Waals surface area contributed by atoms with Gasteiger partial charge in [-0.1, -0.05) is 43.5 Å². The highest BCUT2D eigenvalue weighted by molar-refractivity contribution is 5.73. The molecule has 0 aromatic heterocycles. The van der Waals surface area contributed by atoms with Crippen LogP contribution in [0.3, 0.4) is 0 Å². The lowest BCUT2D eigenvalue weighted by atomic mass is 9.96. The van der Waals surface area contributed by atoms with Crippen LogP contribution in [-0.2, 0) is 6.42 Å². The topological polar surface area (TPSA) is 15.6 Å². The first-order chi connectivity index (χ1) is 12.2. The molecule has 0 radical (unpaired) electrons. The van der Waals surface area contributed by atoms with Crippen molar-refractivity contribution in [2.24, 2.45) is 4.99 Å². The second-order valence-electron chi connectivity index (χ2n) is 7.41. The smallest absolute Gasteiger partial charge is 0.109 e. The number of hydrogen-bond acceptors (Lipinski definition) is 2. The minimum Gasteiger partial charge on any atom is -0.347 e. The van der Waals surface area contributed by atoms with Gasteiger partial charge in [-0.25, -0.2) is 4.39 Å². The van der Waals surface area contributed by atoms with Crippen molar-refractivity contribution in [2.45, 2.75) is 46.2 Å². The average Bonchev–Trinajstić information content (AvgIpc) is 2.73. The zero-order valence-corrected chi connectivity index (χ0v) is 16.3. The summed E-state index contributed by atoms with van der Waals surface area (Å²) in [5.41, 5.74) is 4.63. The third-order valence-corrected chi connectivity index (χ3v) is 4.31. The van der Waals surface area contributed by atoms with Crippen molar-refractivity contribution in [3.05, 3.63) is 77.8 Å². The Hall–Kier alpha value is -2.42. The van der Waals surface area contributed by atoms with Gasteiger partial charge in [-0.3, -0.25) is 4.99 Å². The second kappa shape index (κ2) is 8.31. The van der Waals surface area contributed by atoms with Crippen molar-refractivity contribution in [1.29, 1.82) is 0 Å². The van der Waals surface area contributed by atoms with Gasteiger partial charge in [0.05, 0.1) is 5.70 Å². The SMILES string of the molecule is C=C(/C=C\C1=C(C)N(C(=C)C)CCC=N1)c1cccc(CC(C)(C)F)c1. The van der Waals surface area contributed by atoms with Crippen LogP contribution in [0.15, 0.2) is 71.7 Å². The molecule has 0 bridgehead atoms. The van der Waals surface area contributed by atoms with Gasteiger partial charge in [0, 0.05) is 37.0 Å². The summed E-state index contributed by atoms with van der Waals surface area (Å²) < 4.78 is 13.9. The maximum Gasteiger partial charge on any atom is 0.109 e. The zero-order chi connectivity index (χ0) is 19.3. The molecule has 0 saturated heterocycles. The first-order valence-corrected chi connectivity index (χ1v) is 8.99. The number of halogens is 1. The van der Waals surface area contributed by atoms with E-state index in [1.165, 1.54) is 0 Å². The summed E-state index contributed by atoms with van der Waals surface area (Å²) in [5, 5.41) is 0. The first kappa shape index (κ1) is 19.9. The first-order valence-electron chi connectivity index (χ1n) is 8.99. The van der Waals surface area contributed by atoms with Crippen molar-refractivity contribution in [3.8, 4) is 0 Å². The van der Waals surface area contributed by atoms with E-state index in [9.17, 15) is 4.39 Å². The van der Waals surface area contributed by atoms with Crippen LogP contribution in [0.2, 0.25) is 0 Å². The molecule has 0 unspecified atom stereocenters. The van der Waals surface area contributed by atoms with E-state index in [1.807, 2.05) is 49.6 Å². The molecule has 1 aromatic rings. The molecule has 1 aliphatic heterocycles. The van der Waals surface area contributed by atoms with E-state index in [2.05, 4.69) is 30.0 Å². The quantitative estimate of drug-likeness (QED) is 0.566. The fraction of sp³-hybridized carbons (Fsp3) is 0.348. The van der Waals surface area contributed by atoms with E-state index < -0.39 is 5.67 Å². The lowest BCUT2D eigenvalue weighted by Gasteiger charge is -2.24. The number of hydrogen-bond donors (Lipinski definition) is 0. The normalized spacial score (nSPS) is 15.5. The molecule has 2 rings (SSSR count). The van der Waals surface area contributed by atoms with Crippen molar-refractivity contribution >= 4 is 11.8 Å². The predicted molar refractivity (Wildman–Crippen MR) is 111 cm³/mol. The number of benzene rings is 1. The van der Waals surface area contributed by atoms with E-state index in [1.54, 1.807) is 13.8 Å². The fourth-order valence-corrected chi connectivity index (χ4v) is 3.03. The van der Waals surface area contributed by atoms with Crippen LogP contribution in [0.4, 0.5) is 4.39 Å². The molecule has 0 saturated carbocycles. The van der Waals surface area contributed by atoms with Crippen LogP contribution in [0, 0.1) is 0 Å². The molecule has 2 nitrogen and oxygen atoms in total. The van der Waals surface area contributed by atoms with Gasteiger partial charge in [-0.05, 0) is 50.5 Å². The van der Waals surface area contributed by atoms with Crippen LogP contribution in [0.5, 0.6) is 0 Å². The predicted octanol–water partition coefficient (Wildman–Crippen LogP) is 6.09. The summed E-state index contributed by atoms with van der Waals surface area (Å²) in [6.07, 6.45) is 7.18. The third kappa shape index (κ3) is 5.55. The number of nitrogens with zero attached hydrogens (tertiary/aromatic N) is 2. The average molecular weight is 352 g/mol. The van der Waals surface area contributed by atoms with Crippen LogP contribution in [0.25, 0.3) is 5.57 Å². The summed E-state index contributed by atoms with van der Waals surface area (Å²) in [5.74, 6) is 0. The molecule has 138 valence electrons. The van der Waals surface area contributed by atoms with Gasteiger partial charge in [0.1, 0.15) is 5.67 Å². The Morgan fingerprint density at radius 3 is 2.73 bits per heavy atom. The Kier molecular flexibility index (Phi) is 6.36. The highest BCUT2D eigenvalue weighted by atomic mass is 19.1. The molecule has 0 atom stereocenters. The van der Waals surface area contributed by atoms with Crippen molar-refractivity contribution in [1.82, 2.24) is 4.90 Å². The van der Waals surface area contributed by atoms with Gasteiger partial charge in [-0.2, -0.15) is 0 Å². The van der Waals surface area contributed by atoms with E-state index in [4.69, 9.17) is 0 Å². The minimum atomic E-state index is -1.22. The summed E-state index contributed by atoms with van der Waals surface area (Å²) in [7, 11) is 0. The highest BCUT2D eigenvalue weighted by Crippen LogP contribution is 2.23. The minimum absolute atomic E-state index is 0.389. The number of allylic oxidation sites excluding steroid dienone is 5. The summed E-state index contributed by atoms with van der Waals surface area (Å²) in [6.45, 7) is 16.4. The molecule has 26 heavy (non-hydrogen) atoms. The van der Waals surface area contributed by atoms with Gasteiger partial charge in [0.2, 0.25) is 0 Å². The van der Waals surface area contributed by atoms with E-state index in [0.717, 1.165) is 46.8 Å². The van der Waals surface area contributed by atoms with Gasteiger partial charge >= 0.3 is 0 Å². The summed E-state index contributed by atoms with van der Waals surface area (Å²) in [6, 6.07) is 7.91. The highest BCUT2D eigenvalue weighted by Gasteiger charge is 2.16. The maximum atomic E-state index is 13.9. The second-order valence-corrected chi connectivity index (χ2v) is 7.41. The van der Waals surface area contributed by atoms with Gasteiger partial charge in [-0.15, -0.1) is 0 Å². The summed E-state index contributed by atoms with van der Waals surface area (Å²) >= 11 is 0. The lowest BCUT2D eigenvalue weighted by Crippen LogP contribution is -2.20. The standard InChI is InChI=1S/C23H29FN2/c1-17(2)26-14-8-13-25-22(19(26)4)12-11-18(3)21-10-7-9-20(15-21)16-23(5,6)24/h7,9-13,15H,1,3,8,14,16H2,2,4-6H3/b12-11-. The molecule has 1 aliphatic rings. The molecular weight excluding hydrogens is 323 g/mol. The Labute approximate surface area is 157 Å². The van der Waals surface area contributed by atoms with Crippen LogP contribution in [-0.4, -0.2) is 23.3 Å². The van der Waals surface area contributed by atoms with Crippen LogP contribution in [0.1, 0.15) is 45.2 Å². The van der Waals surface area contributed by atoms with Gasteiger partial charge < -0.3 is 4.90 Å². The largest absolute Gasteiger partial charge is 0.347 e. The Bertz CT molecular complexity index is 776. The molecule has 1 aromatic carbocycles. The van der Waals surface area contributed by atoms with E-state index in [-0.39, 0.29) is 0 Å². The van der Waals surface area contributed by atoms with Gasteiger partial charge in [0.25, 0.3) is 0 Å². The van der Waals surface area contributed by atoms with Crippen LogP contribution >= 0.6 is 0 Å². The molecule has 1 heterocycles.